The standard InChI is InChI=1S/C12H15NO/c14-12-6-8-13(9-7-12)10-11-4-2-1-3-5-11/h1-5H,6-10H2/p+1. The van der Waals surface area contributed by atoms with E-state index in [2.05, 4.69) is 24.3 Å². The Bertz CT molecular complexity index is 297. The molecule has 74 valence electrons. The van der Waals surface area contributed by atoms with Crippen molar-refractivity contribution >= 4 is 5.78 Å². The molecule has 2 nitrogen and oxygen atoms in total. The highest BCUT2D eigenvalue weighted by atomic mass is 16.1. The Morgan fingerprint density at radius 3 is 2.36 bits per heavy atom. The molecular formula is C12H16NO+. The molecule has 1 aromatic rings. The van der Waals surface area contributed by atoms with Gasteiger partial charge in [-0.2, -0.15) is 0 Å². The molecule has 1 fully saturated rings. The largest absolute Gasteiger partial charge is 0.330 e. The second-order valence-corrected chi connectivity index (χ2v) is 3.95. The summed E-state index contributed by atoms with van der Waals surface area (Å²) in [4.78, 5) is 12.6. The summed E-state index contributed by atoms with van der Waals surface area (Å²) in [7, 11) is 0. The number of hydrogen-bond donors (Lipinski definition) is 1. The first-order chi connectivity index (χ1) is 6.84. The summed E-state index contributed by atoms with van der Waals surface area (Å²) in [6.45, 7) is 3.08. The van der Waals surface area contributed by atoms with Crippen LogP contribution in [0.2, 0.25) is 0 Å². The van der Waals surface area contributed by atoms with Crippen LogP contribution in [0, 0.1) is 0 Å². The van der Waals surface area contributed by atoms with Gasteiger partial charge in [-0.15, -0.1) is 0 Å². The highest BCUT2D eigenvalue weighted by Gasteiger charge is 2.18. The number of nitrogens with one attached hydrogen (secondary N) is 1. The number of benzene rings is 1. The van der Waals surface area contributed by atoms with Crippen LogP contribution in [-0.4, -0.2) is 18.9 Å². The van der Waals surface area contributed by atoms with Crippen molar-refractivity contribution in [3.8, 4) is 0 Å². The van der Waals surface area contributed by atoms with Gasteiger partial charge >= 0.3 is 0 Å². The lowest BCUT2D eigenvalue weighted by atomic mass is 10.1. The van der Waals surface area contributed by atoms with Crippen LogP contribution in [-0.2, 0) is 11.3 Å². The van der Waals surface area contributed by atoms with Crippen molar-refractivity contribution in [2.24, 2.45) is 0 Å². The van der Waals surface area contributed by atoms with Crippen molar-refractivity contribution < 1.29 is 9.69 Å². The van der Waals surface area contributed by atoms with Crippen molar-refractivity contribution in [1.29, 1.82) is 0 Å². The van der Waals surface area contributed by atoms with Crippen LogP contribution in [0.1, 0.15) is 18.4 Å². The molecule has 0 spiro atoms. The van der Waals surface area contributed by atoms with Crippen LogP contribution in [0.5, 0.6) is 0 Å². The Balaban J connectivity index is 1.89. The molecular weight excluding hydrogens is 174 g/mol. The summed E-state index contributed by atoms with van der Waals surface area (Å²) >= 11 is 0. The summed E-state index contributed by atoms with van der Waals surface area (Å²) in [5.41, 5.74) is 1.37. The third-order valence-corrected chi connectivity index (χ3v) is 2.81. The average Bonchev–Trinajstić information content (AvgIpc) is 2.23. The minimum Gasteiger partial charge on any atom is -0.330 e. The molecule has 1 aromatic carbocycles. The molecule has 0 saturated carbocycles. The maximum absolute atomic E-state index is 11.0. The molecule has 0 aromatic heterocycles. The molecule has 2 rings (SSSR count). The van der Waals surface area contributed by atoms with Gasteiger partial charge in [-0.05, 0) is 0 Å². The number of Topliss-reactive ketones (excluding diaryl/α,β-unsaturated/α-hetero) is 1. The highest BCUT2D eigenvalue weighted by molar-refractivity contribution is 5.78. The third-order valence-electron chi connectivity index (χ3n) is 2.81. The van der Waals surface area contributed by atoms with Crippen molar-refractivity contribution in [3.05, 3.63) is 35.9 Å². The van der Waals surface area contributed by atoms with Crippen molar-refractivity contribution in [2.45, 2.75) is 19.4 Å². The zero-order chi connectivity index (χ0) is 9.80. The minimum atomic E-state index is 0.432. The van der Waals surface area contributed by atoms with Gasteiger partial charge in [0.2, 0.25) is 0 Å². The van der Waals surface area contributed by atoms with Crippen LogP contribution in [0.25, 0.3) is 0 Å². The lowest BCUT2D eigenvalue weighted by molar-refractivity contribution is -0.915. The van der Waals surface area contributed by atoms with Gasteiger partial charge in [0.15, 0.2) is 0 Å². The predicted molar refractivity (Wildman–Crippen MR) is 55.1 cm³/mol. The SMILES string of the molecule is O=C1CC[NH+](Cc2ccccc2)CC1. The quantitative estimate of drug-likeness (QED) is 0.717. The Kier molecular flexibility index (Phi) is 2.94. The summed E-state index contributed by atoms with van der Waals surface area (Å²) in [6.07, 6.45) is 1.53. The van der Waals surface area contributed by atoms with E-state index >= 15 is 0 Å². The van der Waals surface area contributed by atoms with E-state index < -0.39 is 0 Å². The number of carbonyl (C=O) groups is 1. The zero-order valence-electron chi connectivity index (χ0n) is 8.33. The van der Waals surface area contributed by atoms with Crippen LogP contribution < -0.4 is 4.90 Å². The van der Waals surface area contributed by atoms with E-state index in [1.54, 1.807) is 0 Å². The van der Waals surface area contributed by atoms with Gasteiger partial charge in [-0.3, -0.25) is 4.79 Å². The number of rotatable bonds is 2. The number of quaternary nitrogens is 1. The fourth-order valence-electron chi connectivity index (χ4n) is 1.94. The second-order valence-electron chi connectivity index (χ2n) is 3.95. The first-order valence-electron chi connectivity index (χ1n) is 5.24. The van der Waals surface area contributed by atoms with Gasteiger partial charge in [0.25, 0.3) is 0 Å². The fraction of sp³-hybridized carbons (Fsp3) is 0.417. The van der Waals surface area contributed by atoms with Crippen LogP contribution in [0.15, 0.2) is 30.3 Å². The van der Waals surface area contributed by atoms with E-state index in [1.165, 1.54) is 10.5 Å². The van der Waals surface area contributed by atoms with E-state index in [-0.39, 0.29) is 0 Å². The van der Waals surface area contributed by atoms with Gasteiger partial charge in [-0.25, -0.2) is 0 Å². The van der Waals surface area contributed by atoms with Crippen molar-refractivity contribution in [1.82, 2.24) is 0 Å². The van der Waals surface area contributed by atoms with Crippen LogP contribution in [0.3, 0.4) is 0 Å². The third kappa shape index (κ3) is 2.42. The van der Waals surface area contributed by atoms with Crippen molar-refractivity contribution in [2.75, 3.05) is 13.1 Å². The number of hydrogen-bond acceptors (Lipinski definition) is 1. The Morgan fingerprint density at radius 2 is 1.71 bits per heavy atom. The molecule has 0 amide bonds. The number of likely N-dealkylation sites (tertiary alicyclic amines) is 1. The van der Waals surface area contributed by atoms with E-state index in [1.807, 2.05) is 6.07 Å². The van der Waals surface area contributed by atoms with Crippen LogP contribution in [0.4, 0.5) is 0 Å². The molecule has 0 aliphatic carbocycles. The van der Waals surface area contributed by atoms with E-state index in [0.717, 1.165) is 32.5 Å². The first kappa shape index (κ1) is 9.41. The molecule has 0 unspecified atom stereocenters. The molecule has 0 bridgehead atoms. The Labute approximate surface area is 84.5 Å². The molecule has 1 aliphatic heterocycles. The van der Waals surface area contributed by atoms with Crippen LogP contribution >= 0.6 is 0 Å². The highest BCUT2D eigenvalue weighted by Crippen LogP contribution is 1.97. The summed E-state index contributed by atoms with van der Waals surface area (Å²) in [5, 5.41) is 0. The van der Waals surface area contributed by atoms with E-state index in [9.17, 15) is 4.79 Å². The minimum absolute atomic E-state index is 0.432. The normalized spacial score (nSPS) is 18.4. The maximum Gasteiger partial charge on any atom is 0.144 e. The molecule has 0 radical (unpaired) electrons. The second kappa shape index (κ2) is 4.38. The van der Waals surface area contributed by atoms with Gasteiger partial charge < -0.3 is 4.90 Å². The maximum atomic E-state index is 11.0. The summed E-state index contributed by atoms with van der Waals surface area (Å²) in [6, 6.07) is 10.5. The Hall–Kier alpha value is -1.15. The average molecular weight is 190 g/mol. The van der Waals surface area contributed by atoms with E-state index in [4.69, 9.17) is 0 Å². The van der Waals surface area contributed by atoms with Gasteiger partial charge in [0.1, 0.15) is 12.3 Å². The molecule has 1 aliphatic rings. The number of ketones is 1. The molecule has 1 N–H and O–H groups in total. The topological polar surface area (TPSA) is 21.5 Å². The molecule has 0 atom stereocenters. The summed E-state index contributed by atoms with van der Waals surface area (Å²) in [5.74, 6) is 0.432. The fourth-order valence-corrected chi connectivity index (χ4v) is 1.94. The molecule has 14 heavy (non-hydrogen) atoms. The van der Waals surface area contributed by atoms with Gasteiger partial charge in [0.05, 0.1) is 25.9 Å². The Morgan fingerprint density at radius 1 is 1.07 bits per heavy atom. The smallest absolute Gasteiger partial charge is 0.144 e. The van der Waals surface area contributed by atoms with Gasteiger partial charge in [0, 0.05) is 5.56 Å². The predicted octanol–water partition coefficient (Wildman–Crippen LogP) is 0.434. The molecule has 1 heterocycles. The van der Waals surface area contributed by atoms with Crippen molar-refractivity contribution in [3.63, 3.8) is 0 Å². The monoisotopic (exact) mass is 190 g/mol. The lowest BCUT2D eigenvalue weighted by Gasteiger charge is -2.22. The van der Waals surface area contributed by atoms with Gasteiger partial charge in [-0.1, -0.05) is 30.3 Å². The van der Waals surface area contributed by atoms with E-state index in [0.29, 0.717) is 5.78 Å². The number of piperidine rings is 1. The number of carbonyl (C=O) groups excluding carboxylic acids is 1. The summed E-state index contributed by atoms with van der Waals surface area (Å²) < 4.78 is 0. The first-order valence-corrected chi connectivity index (χ1v) is 5.24. The zero-order valence-corrected chi connectivity index (χ0v) is 8.33. The molecule has 1 saturated heterocycles. The lowest BCUT2D eigenvalue weighted by Crippen LogP contribution is -3.11. The molecule has 2 heteroatoms.